The highest BCUT2D eigenvalue weighted by Gasteiger charge is 2.17. The number of nitrogens with one attached hydrogen (secondary N) is 1. The predicted octanol–water partition coefficient (Wildman–Crippen LogP) is 3.60. The van der Waals surface area contributed by atoms with Gasteiger partial charge in [-0.15, -0.1) is 0 Å². The van der Waals surface area contributed by atoms with E-state index in [0.29, 0.717) is 0 Å². The third kappa shape index (κ3) is 3.64. The minimum atomic E-state index is 0.910. The highest BCUT2D eigenvalue weighted by atomic mass is 14.9. The maximum absolute atomic E-state index is 3.59. The second-order valence-corrected chi connectivity index (χ2v) is 5.25. The van der Waals surface area contributed by atoms with Crippen LogP contribution in [0.3, 0.4) is 0 Å². The lowest BCUT2D eigenvalue weighted by Gasteiger charge is -2.26. The zero-order valence-corrected chi connectivity index (χ0v) is 10.3. The van der Waals surface area contributed by atoms with Gasteiger partial charge in [-0.25, -0.2) is 0 Å². The van der Waals surface area contributed by atoms with Gasteiger partial charge in [-0.2, -0.15) is 0 Å². The zero-order valence-electron chi connectivity index (χ0n) is 10.3. The van der Waals surface area contributed by atoms with Crippen LogP contribution in [0.4, 0.5) is 0 Å². The molecule has 16 heavy (non-hydrogen) atoms. The molecule has 88 valence electrons. The van der Waals surface area contributed by atoms with E-state index in [1.807, 2.05) is 0 Å². The van der Waals surface area contributed by atoms with Gasteiger partial charge in [0.2, 0.25) is 0 Å². The molecule has 1 aliphatic rings. The van der Waals surface area contributed by atoms with Gasteiger partial charge < -0.3 is 5.32 Å². The van der Waals surface area contributed by atoms with Gasteiger partial charge in [0.15, 0.2) is 0 Å². The summed E-state index contributed by atoms with van der Waals surface area (Å²) in [7, 11) is 0. The first kappa shape index (κ1) is 11.7. The van der Waals surface area contributed by atoms with E-state index in [1.54, 1.807) is 0 Å². The number of hydrogen-bond donors (Lipinski definition) is 1. The van der Waals surface area contributed by atoms with Gasteiger partial charge in [0.1, 0.15) is 0 Å². The van der Waals surface area contributed by atoms with E-state index in [-0.39, 0.29) is 0 Å². The molecule has 0 spiro atoms. The van der Waals surface area contributed by atoms with Gasteiger partial charge in [-0.1, -0.05) is 50.1 Å². The second kappa shape index (κ2) is 6.05. The largest absolute Gasteiger partial charge is 0.312 e. The molecule has 1 aliphatic carbocycles. The van der Waals surface area contributed by atoms with Crippen LogP contribution in [0.15, 0.2) is 30.3 Å². The molecule has 0 aromatic heterocycles. The molecule has 0 aliphatic heterocycles. The summed E-state index contributed by atoms with van der Waals surface area (Å²) in [4.78, 5) is 0. The van der Waals surface area contributed by atoms with Gasteiger partial charge in [0, 0.05) is 6.54 Å². The predicted molar refractivity (Wildman–Crippen MR) is 69.3 cm³/mol. The van der Waals surface area contributed by atoms with Crippen LogP contribution in [-0.2, 0) is 6.54 Å². The van der Waals surface area contributed by atoms with Crippen molar-refractivity contribution in [1.29, 1.82) is 0 Å². The van der Waals surface area contributed by atoms with E-state index >= 15 is 0 Å². The van der Waals surface area contributed by atoms with Crippen molar-refractivity contribution in [2.45, 2.75) is 39.2 Å². The lowest BCUT2D eigenvalue weighted by molar-refractivity contribution is 0.274. The molecule has 0 saturated heterocycles. The molecule has 1 aromatic carbocycles. The summed E-state index contributed by atoms with van der Waals surface area (Å²) >= 11 is 0. The molecule has 1 fully saturated rings. The fourth-order valence-corrected chi connectivity index (χ4v) is 2.76. The summed E-state index contributed by atoms with van der Waals surface area (Å²) in [6.07, 6.45) is 5.71. The van der Waals surface area contributed by atoms with Crippen molar-refractivity contribution in [3.8, 4) is 0 Å². The summed E-state index contributed by atoms with van der Waals surface area (Å²) in [6.45, 7) is 4.61. The second-order valence-electron chi connectivity index (χ2n) is 5.25. The molecule has 1 nitrogen and oxygen atoms in total. The lowest BCUT2D eigenvalue weighted by Crippen LogP contribution is -2.26. The summed E-state index contributed by atoms with van der Waals surface area (Å²) in [5.74, 6) is 1.85. The molecule has 2 unspecified atom stereocenters. The summed E-state index contributed by atoms with van der Waals surface area (Å²) < 4.78 is 0. The molecule has 2 atom stereocenters. The van der Waals surface area contributed by atoms with Crippen LogP contribution in [0.25, 0.3) is 0 Å². The van der Waals surface area contributed by atoms with Crippen LogP contribution < -0.4 is 5.32 Å². The van der Waals surface area contributed by atoms with Crippen molar-refractivity contribution < 1.29 is 0 Å². The molecule has 0 heterocycles. The smallest absolute Gasteiger partial charge is 0.0205 e. The molecule has 1 heteroatoms. The van der Waals surface area contributed by atoms with Crippen molar-refractivity contribution >= 4 is 0 Å². The van der Waals surface area contributed by atoms with E-state index in [1.165, 1.54) is 37.8 Å². The van der Waals surface area contributed by atoms with Gasteiger partial charge in [-0.3, -0.25) is 0 Å². The summed E-state index contributed by atoms with van der Waals surface area (Å²) in [6, 6.07) is 10.7. The van der Waals surface area contributed by atoms with Gasteiger partial charge in [-0.05, 0) is 36.8 Å². The first-order chi connectivity index (χ1) is 7.84. The molecule has 0 radical (unpaired) electrons. The van der Waals surface area contributed by atoms with Crippen molar-refractivity contribution in [2.75, 3.05) is 6.54 Å². The number of benzene rings is 1. The third-order valence-electron chi connectivity index (χ3n) is 3.65. The average Bonchev–Trinajstić information content (AvgIpc) is 2.30. The Balaban J connectivity index is 1.68. The van der Waals surface area contributed by atoms with Crippen molar-refractivity contribution in [2.24, 2.45) is 11.8 Å². The minimum Gasteiger partial charge on any atom is -0.312 e. The molecular weight excluding hydrogens is 194 g/mol. The number of hydrogen-bond acceptors (Lipinski definition) is 1. The highest BCUT2D eigenvalue weighted by Crippen LogP contribution is 2.27. The molecule has 1 aromatic rings. The number of rotatable bonds is 4. The minimum absolute atomic E-state index is 0.910. The molecular formula is C15H23N. The summed E-state index contributed by atoms with van der Waals surface area (Å²) in [5, 5.41) is 3.59. The standard InChI is InChI=1S/C15H23N/c1-13-6-5-9-15(10-13)12-16-11-14-7-3-2-4-8-14/h2-4,7-8,13,15-16H,5-6,9-12H2,1H3. The molecule has 2 rings (SSSR count). The van der Waals surface area contributed by atoms with E-state index in [2.05, 4.69) is 42.6 Å². The zero-order chi connectivity index (χ0) is 11.2. The Hall–Kier alpha value is -0.820. The lowest BCUT2D eigenvalue weighted by atomic mass is 9.82. The van der Waals surface area contributed by atoms with Crippen molar-refractivity contribution in [3.63, 3.8) is 0 Å². The van der Waals surface area contributed by atoms with E-state index in [9.17, 15) is 0 Å². The maximum atomic E-state index is 3.59. The first-order valence-electron chi connectivity index (χ1n) is 6.59. The molecule has 1 N–H and O–H groups in total. The van der Waals surface area contributed by atoms with Crippen molar-refractivity contribution in [1.82, 2.24) is 5.32 Å². The SMILES string of the molecule is CC1CCCC(CNCc2ccccc2)C1. The Morgan fingerprint density at radius 2 is 2.00 bits per heavy atom. The molecule has 0 amide bonds. The Morgan fingerprint density at radius 1 is 1.19 bits per heavy atom. The Bertz CT molecular complexity index is 294. The van der Waals surface area contributed by atoms with E-state index in [4.69, 9.17) is 0 Å². The van der Waals surface area contributed by atoms with E-state index < -0.39 is 0 Å². The van der Waals surface area contributed by atoms with Gasteiger partial charge in [0.05, 0.1) is 0 Å². The Labute approximate surface area is 99.3 Å². The van der Waals surface area contributed by atoms with Crippen molar-refractivity contribution in [3.05, 3.63) is 35.9 Å². The van der Waals surface area contributed by atoms with Crippen LogP contribution in [-0.4, -0.2) is 6.54 Å². The normalized spacial score (nSPS) is 25.6. The van der Waals surface area contributed by atoms with Gasteiger partial charge >= 0.3 is 0 Å². The fraction of sp³-hybridized carbons (Fsp3) is 0.600. The van der Waals surface area contributed by atoms with Gasteiger partial charge in [0.25, 0.3) is 0 Å². The monoisotopic (exact) mass is 217 g/mol. The quantitative estimate of drug-likeness (QED) is 0.812. The maximum Gasteiger partial charge on any atom is 0.0205 e. The molecule has 0 bridgehead atoms. The summed E-state index contributed by atoms with van der Waals surface area (Å²) in [5.41, 5.74) is 1.39. The first-order valence-corrected chi connectivity index (χ1v) is 6.59. The third-order valence-corrected chi connectivity index (χ3v) is 3.65. The van der Waals surface area contributed by atoms with Crippen LogP contribution in [0.2, 0.25) is 0 Å². The Morgan fingerprint density at radius 3 is 2.75 bits per heavy atom. The highest BCUT2D eigenvalue weighted by molar-refractivity contribution is 5.14. The van der Waals surface area contributed by atoms with Crippen LogP contribution in [0.5, 0.6) is 0 Å². The van der Waals surface area contributed by atoms with Crippen LogP contribution in [0, 0.1) is 11.8 Å². The van der Waals surface area contributed by atoms with Crippen LogP contribution >= 0.6 is 0 Å². The van der Waals surface area contributed by atoms with E-state index in [0.717, 1.165) is 18.4 Å². The molecule has 1 saturated carbocycles. The van der Waals surface area contributed by atoms with Crippen LogP contribution in [0.1, 0.15) is 38.2 Å². The average molecular weight is 217 g/mol. The Kier molecular flexibility index (Phi) is 4.41. The topological polar surface area (TPSA) is 12.0 Å². The fourth-order valence-electron chi connectivity index (χ4n) is 2.76.